The third kappa shape index (κ3) is 1.61. The number of ether oxygens (including phenoxy) is 1. The molecule has 1 fully saturated rings. The van der Waals surface area contributed by atoms with Gasteiger partial charge in [0.15, 0.2) is 0 Å². The van der Waals surface area contributed by atoms with Crippen LogP contribution in [-0.4, -0.2) is 12.7 Å². The maximum atomic E-state index is 12.4. The van der Waals surface area contributed by atoms with Gasteiger partial charge in [-0.3, -0.25) is 0 Å². The van der Waals surface area contributed by atoms with Gasteiger partial charge in [0.25, 0.3) is 0 Å². The molecule has 0 heterocycles. The van der Waals surface area contributed by atoms with Gasteiger partial charge in [-0.25, -0.2) is 0 Å². The molecule has 0 bridgehead atoms. The summed E-state index contributed by atoms with van der Waals surface area (Å²) in [6.07, 6.45) is -1.60. The predicted octanol–water partition coefficient (Wildman–Crippen LogP) is 2.03. The molecule has 0 aliphatic heterocycles. The molecule has 9 heavy (non-hydrogen) atoms. The fourth-order valence-electron chi connectivity index (χ4n) is 0.730. The molecular formula is C6H10F2O. The Hall–Kier alpha value is -0.180. The zero-order valence-corrected chi connectivity index (χ0v) is 5.36. The molecule has 54 valence electrons. The van der Waals surface area contributed by atoms with Crippen molar-refractivity contribution < 1.29 is 13.5 Å². The summed E-state index contributed by atoms with van der Waals surface area (Å²) in [6.45, 7) is 1.68. The van der Waals surface area contributed by atoms with E-state index in [1.54, 1.807) is 6.92 Å². The number of rotatable bonds is 3. The lowest BCUT2D eigenvalue weighted by molar-refractivity contribution is -0.249. The van der Waals surface area contributed by atoms with Crippen molar-refractivity contribution in [3.8, 4) is 0 Å². The van der Waals surface area contributed by atoms with E-state index in [9.17, 15) is 8.78 Å². The highest BCUT2D eigenvalue weighted by Crippen LogP contribution is 2.43. The second-order valence-corrected chi connectivity index (χ2v) is 2.27. The number of alkyl halides is 2. The fraction of sp³-hybridized carbons (Fsp3) is 1.00. The Morgan fingerprint density at radius 2 is 2.11 bits per heavy atom. The molecule has 0 aromatic carbocycles. The van der Waals surface area contributed by atoms with Gasteiger partial charge in [-0.2, -0.15) is 8.78 Å². The lowest BCUT2D eigenvalue weighted by Gasteiger charge is -2.13. The molecule has 0 aromatic rings. The zero-order valence-electron chi connectivity index (χ0n) is 5.36. The number of halogens is 2. The molecule has 1 aliphatic carbocycles. The third-order valence-corrected chi connectivity index (χ3v) is 1.39. The van der Waals surface area contributed by atoms with Gasteiger partial charge in [-0.1, -0.05) is 0 Å². The minimum atomic E-state index is -2.84. The van der Waals surface area contributed by atoms with E-state index in [4.69, 9.17) is 0 Å². The van der Waals surface area contributed by atoms with Gasteiger partial charge in [0.1, 0.15) is 0 Å². The smallest absolute Gasteiger partial charge is 0.321 e. The van der Waals surface area contributed by atoms with Gasteiger partial charge >= 0.3 is 6.11 Å². The van der Waals surface area contributed by atoms with Crippen molar-refractivity contribution in [2.45, 2.75) is 25.9 Å². The highest BCUT2D eigenvalue weighted by molar-refractivity contribution is 4.80. The maximum Gasteiger partial charge on any atom is 0.358 e. The monoisotopic (exact) mass is 136 g/mol. The fourth-order valence-corrected chi connectivity index (χ4v) is 0.730. The first kappa shape index (κ1) is 6.93. The van der Waals surface area contributed by atoms with E-state index in [-0.39, 0.29) is 6.61 Å². The first-order chi connectivity index (χ1) is 4.17. The van der Waals surface area contributed by atoms with Crippen LogP contribution in [0.25, 0.3) is 0 Å². The normalized spacial score (nSPS) is 20.3. The summed E-state index contributed by atoms with van der Waals surface area (Å²) in [5.74, 6) is -0.488. The third-order valence-electron chi connectivity index (χ3n) is 1.39. The van der Waals surface area contributed by atoms with Crippen molar-refractivity contribution in [3.63, 3.8) is 0 Å². The molecule has 1 aliphatic rings. The van der Waals surface area contributed by atoms with E-state index < -0.39 is 12.0 Å². The first-order valence-corrected chi connectivity index (χ1v) is 3.18. The Kier molecular flexibility index (Phi) is 1.70. The SMILES string of the molecule is CCOC(F)(F)C1CC1. The Bertz CT molecular complexity index is 99.2. The van der Waals surface area contributed by atoms with Crippen LogP contribution in [0.15, 0.2) is 0 Å². The van der Waals surface area contributed by atoms with Crippen molar-refractivity contribution in [2.75, 3.05) is 6.61 Å². The van der Waals surface area contributed by atoms with E-state index in [2.05, 4.69) is 4.74 Å². The number of hydrogen-bond donors (Lipinski definition) is 0. The minimum absolute atomic E-state index is 0.101. The molecular weight excluding hydrogens is 126 g/mol. The minimum Gasteiger partial charge on any atom is -0.321 e. The van der Waals surface area contributed by atoms with Crippen molar-refractivity contribution in [1.29, 1.82) is 0 Å². The van der Waals surface area contributed by atoms with Crippen LogP contribution in [0.1, 0.15) is 19.8 Å². The molecule has 0 N–H and O–H groups in total. The van der Waals surface area contributed by atoms with E-state index in [1.807, 2.05) is 0 Å². The van der Waals surface area contributed by atoms with E-state index in [0.29, 0.717) is 12.8 Å². The van der Waals surface area contributed by atoms with Crippen LogP contribution in [0.2, 0.25) is 0 Å². The molecule has 0 atom stereocenters. The first-order valence-electron chi connectivity index (χ1n) is 3.18. The average molecular weight is 136 g/mol. The predicted molar refractivity (Wildman–Crippen MR) is 29.3 cm³/mol. The standard InChI is InChI=1S/C6H10F2O/c1-2-9-6(7,8)5-3-4-5/h5H,2-4H2,1H3. The van der Waals surface area contributed by atoms with Crippen LogP contribution < -0.4 is 0 Å². The van der Waals surface area contributed by atoms with Crippen LogP contribution in [0.5, 0.6) is 0 Å². The second-order valence-electron chi connectivity index (χ2n) is 2.27. The highest BCUT2D eigenvalue weighted by Gasteiger charge is 2.47. The summed E-state index contributed by atoms with van der Waals surface area (Å²) in [6, 6.07) is 0. The summed E-state index contributed by atoms with van der Waals surface area (Å²) < 4.78 is 29.0. The quantitative estimate of drug-likeness (QED) is 0.576. The van der Waals surface area contributed by atoms with Gasteiger partial charge in [0, 0.05) is 0 Å². The maximum absolute atomic E-state index is 12.4. The summed E-state index contributed by atoms with van der Waals surface area (Å²) in [5, 5.41) is 0. The van der Waals surface area contributed by atoms with E-state index in [1.165, 1.54) is 0 Å². The van der Waals surface area contributed by atoms with Crippen molar-refractivity contribution >= 4 is 0 Å². The Labute approximate surface area is 53.0 Å². The molecule has 1 saturated carbocycles. The second kappa shape index (κ2) is 2.21. The van der Waals surface area contributed by atoms with Gasteiger partial charge in [0.2, 0.25) is 0 Å². The van der Waals surface area contributed by atoms with Crippen molar-refractivity contribution in [1.82, 2.24) is 0 Å². The molecule has 0 radical (unpaired) electrons. The molecule has 3 heteroatoms. The van der Waals surface area contributed by atoms with Crippen molar-refractivity contribution in [3.05, 3.63) is 0 Å². The van der Waals surface area contributed by atoms with Gasteiger partial charge in [-0.05, 0) is 19.8 Å². The van der Waals surface area contributed by atoms with Crippen molar-refractivity contribution in [2.24, 2.45) is 5.92 Å². The van der Waals surface area contributed by atoms with Gasteiger partial charge < -0.3 is 4.74 Å². The van der Waals surface area contributed by atoms with Crippen LogP contribution in [0.3, 0.4) is 0 Å². The lowest BCUT2D eigenvalue weighted by atomic mass is 10.4. The molecule has 0 saturated heterocycles. The molecule has 0 spiro atoms. The van der Waals surface area contributed by atoms with E-state index in [0.717, 1.165) is 0 Å². The summed E-state index contributed by atoms with van der Waals surface area (Å²) in [4.78, 5) is 0. The van der Waals surface area contributed by atoms with Crippen LogP contribution in [0, 0.1) is 5.92 Å². The molecule has 0 amide bonds. The van der Waals surface area contributed by atoms with Crippen LogP contribution in [0.4, 0.5) is 8.78 Å². The number of hydrogen-bond acceptors (Lipinski definition) is 1. The summed E-state index contributed by atoms with van der Waals surface area (Å²) in [7, 11) is 0. The van der Waals surface area contributed by atoms with Crippen LogP contribution in [-0.2, 0) is 4.74 Å². The van der Waals surface area contributed by atoms with Gasteiger partial charge in [-0.15, -0.1) is 0 Å². The van der Waals surface area contributed by atoms with Gasteiger partial charge in [0.05, 0.1) is 12.5 Å². The largest absolute Gasteiger partial charge is 0.358 e. The highest BCUT2D eigenvalue weighted by atomic mass is 19.3. The molecule has 1 nitrogen and oxygen atoms in total. The Morgan fingerprint density at radius 3 is 2.44 bits per heavy atom. The van der Waals surface area contributed by atoms with Crippen LogP contribution >= 0.6 is 0 Å². The zero-order chi connectivity index (χ0) is 6.91. The Balaban J connectivity index is 2.30. The molecule has 1 rings (SSSR count). The molecule has 0 aromatic heterocycles. The van der Waals surface area contributed by atoms with E-state index >= 15 is 0 Å². The summed E-state index contributed by atoms with van der Waals surface area (Å²) >= 11 is 0. The average Bonchev–Trinajstić information content (AvgIpc) is 2.41. The summed E-state index contributed by atoms with van der Waals surface area (Å²) in [5.41, 5.74) is 0. The topological polar surface area (TPSA) is 9.23 Å². The lowest BCUT2D eigenvalue weighted by Crippen LogP contribution is -2.22. The Morgan fingerprint density at radius 1 is 1.56 bits per heavy atom. The molecule has 0 unspecified atom stereocenters.